The molecule has 0 bridgehead atoms. The SMILES string of the molecule is CC(N[C@@H]1C[C@H]1c1ccccc1)C(N)=O. The lowest BCUT2D eigenvalue weighted by Gasteiger charge is -2.09. The molecule has 1 aromatic rings. The molecule has 1 saturated carbocycles. The van der Waals surface area contributed by atoms with Crippen molar-refractivity contribution in [2.75, 3.05) is 0 Å². The molecule has 3 heteroatoms. The van der Waals surface area contributed by atoms with Crippen LogP contribution in [0.15, 0.2) is 30.3 Å². The fraction of sp³-hybridized carbons (Fsp3) is 0.417. The Bertz CT molecular complexity index is 350. The zero-order valence-corrected chi connectivity index (χ0v) is 8.81. The molecule has 3 N–H and O–H groups in total. The number of benzene rings is 1. The average molecular weight is 204 g/mol. The van der Waals surface area contributed by atoms with Crippen molar-refractivity contribution in [3.63, 3.8) is 0 Å². The van der Waals surface area contributed by atoms with Gasteiger partial charge < -0.3 is 11.1 Å². The first-order valence-electron chi connectivity index (χ1n) is 5.29. The van der Waals surface area contributed by atoms with E-state index in [1.807, 2.05) is 25.1 Å². The molecular formula is C12H16N2O. The predicted molar refractivity (Wildman–Crippen MR) is 59.4 cm³/mol. The molecule has 1 aliphatic carbocycles. The van der Waals surface area contributed by atoms with Gasteiger partial charge in [0.05, 0.1) is 6.04 Å². The van der Waals surface area contributed by atoms with Crippen LogP contribution < -0.4 is 11.1 Å². The molecule has 1 amide bonds. The fourth-order valence-corrected chi connectivity index (χ4v) is 1.85. The summed E-state index contributed by atoms with van der Waals surface area (Å²) in [5.41, 5.74) is 6.53. The van der Waals surface area contributed by atoms with Crippen LogP contribution in [0.2, 0.25) is 0 Å². The summed E-state index contributed by atoms with van der Waals surface area (Å²) in [6.07, 6.45) is 1.10. The van der Waals surface area contributed by atoms with Gasteiger partial charge in [-0.15, -0.1) is 0 Å². The molecule has 3 atom stereocenters. The molecule has 1 fully saturated rings. The molecule has 1 aliphatic rings. The van der Waals surface area contributed by atoms with Crippen LogP contribution >= 0.6 is 0 Å². The third kappa shape index (κ3) is 2.36. The van der Waals surface area contributed by atoms with Crippen LogP contribution in [0.25, 0.3) is 0 Å². The molecule has 0 aliphatic heterocycles. The number of rotatable bonds is 4. The second-order valence-electron chi connectivity index (χ2n) is 4.15. The maximum atomic E-state index is 10.9. The quantitative estimate of drug-likeness (QED) is 0.769. The first-order valence-corrected chi connectivity index (χ1v) is 5.29. The lowest BCUT2D eigenvalue weighted by Crippen LogP contribution is -2.40. The Labute approximate surface area is 89.7 Å². The van der Waals surface area contributed by atoms with Gasteiger partial charge in [0.2, 0.25) is 5.91 Å². The minimum atomic E-state index is -0.284. The summed E-state index contributed by atoms with van der Waals surface area (Å²) in [6, 6.07) is 10.5. The van der Waals surface area contributed by atoms with Gasteiger partial charge in [-0.25, -0.2) is 0 Å². The average Bonchev–Trinajstić information content (AvgIpc) is 2.98. The summed E-state index contributed by atoms with van der Waals surface area (Å²) in [5, 5.41) is 3.23. The Morgan fingerprint density at radius 3 is 2.73 bits per heavy atom. The Balaban J connectivity index is 1.89. The van der Waals surface area contributed by atoms with Crippen molar-refractivity contribution in [3.05, 3.63) is 35.9 Å². The number of carbonyl (C=O) groups excluding carboxylic acids is 1. The number of carbonyl (C=O) groups is 1. The summed E-state index contributed by atoms with van der Waals surface area (Å²) in [4.78, 5) is 10.9. The van der Waals surface area contributed by atoms with Crippen LogP contribution in [0.3, 0.4) is 0 Å². The molecule has 15 heavy (non-hydrogen) atoms. The van der Waals surface area contributed by atoms with Gasteiger partial charge in [-0.2, -0.15) is 0 Å². The van der Waals surface area contributed by atoms with Crippen LogP contribution in [0.1, 0.15) is 24.8 Å². The van der Waals surface area contributed by atoms with E-state index in [0.717, 1.165) is 6.42 Å². The summed E-state index contributed by atoms with van der Waals surface area (Å²) < 4.78 is 0. The molecule has 1 aromatic carbocycles. The fourth-order valence-electron chi connectivity index (χ4n) is 1.85. The van der Waals surface area contributed by atoms with Crippen molar-refractivity contribution in [2.45, 2.75) is 31.3 Å². The zero-order chi connectivity index (χ0) is 10.8. The van der Waals surface area contributed by atoms with E-state index in [-0.39, 0.29) is 11.9 Å². The highest BCUT2D eigenvalue weighted by molar-refractivity contribution is 5.79. The van der Waals surface area contributed by atoms with E-state index in [9.17, 15) is 4.79 Å². The van der Waals surface area contributed by atoms with Crippen molar-refractivity contribution in [3.8, 4) is 0 Å². The molecule has 0 saturated heterocycles. The van der Waals surface area contributed by atoms with Crippen LogP contribution in [0.4, 0.5) is 0 Å². The molecule has 0 aromatic heterocycles. The number of amides is 1. The molecule has 0 radical (unpaired) electrons. The van der Waals surface area contributed by atoms with Gasteiger partial charge in [0, 0.05) is 12.0 Å². The number of hydrogen-bond acceptors (Lipinski definition) is 2. The van der Waals surface area contributed by atoms with E-state index >= 15 is 0 Å². The summed E-state index contributed by atoms with van der Waals surface area (Å²) in [6.45, 7) is 1.81. The second-order valence-corrected chi connectivity index (χ2v) is 4.15. The maximum absolute atomic E-state index is 10.9. The highest BCUT2D eigenvalue weighted by atomic mass is 16.1. The highest BCUT2D eigenvalue weighted by Gasteiger charge is 2.39. The van der Waals surface area contributed by atoms with Gasteiger partial charge >= 0.3 is 0 Å². The molecule has 3 nitrogen and oxygen atoms in total. The Hall–Kier alpha value is -1.35. The highest BCUT2D eigenvalue weighted by Crippen LogP contribution is 2.40. The van der Waals surface area contributed by atoms with Gasteiger partial charge in [0.25, 0.3) is 0 Å². The standard InChI is InChI=1S/C12H16N2O/c1-8(12(13)15)14-11-7-10(11)9-5-3-2-4-6-9/h2-6,8,10-11,14H,7H2,1H3,(H2,13,15)/t8?,10-,11+/m0/s1. The monoisotopic (exact) mass is 204 g/mol. The lowest BCUT2D eigenvalue weighted by atomic mass is 10.1. The molecule has 2 rings (SSSR count). The predicted octanol–water partition coefficient (Wildman–Crippen LogP) is 1.01. The smallest absolute Gasteiger partial charge is 0.234 e. The van der Waals surface area contributed by atoms with E-state index in [0.29, 0.717) is 12.0 Å². The minimum absolute atomic E-state index is 0.233. The van der Waals surface area contributed by atoms with E-state index in [2.05, 4.69) is 17.4 Å². The summed E-state index contributed by atoms with van der Waals surface area (Å²) in [7, 11) is 0. The van der Waals surface area contributed by atoms with E-state index in [4.69, 9.17) is 5.73 Å². The third-order valence-electron chi connectivity index (χ3n) is 2.91. The van der Waals surface area contributed by atoms with Crippen LogP contribution in [0, 0.1) is 0 Å². The molecule has 0 spiro atoms. The van der Waals surface area contributed by atoms with Gasteiger partial charge in [0.1, 0.15) is 0 Å². The van der Waals surface area contributed by atoms with E-state index in [1.165, 1.54) is 5.56 Å². The van der Waals surface area contributed by atoms with Crippen molar-refractivity contribution in [1.82, 2.24) is 5.32 Å². The van der Waals surface area contributed by atoms with Crippen LogP contribution in [-0.2, 0) is 4.79 Å². The van der Waals surface area contributed by atoms with Crippen molar-refractivity contribution >= 4 is 5.91 Å². The third-order valence-corrected chi connectivity index (χ3v) is 2.91. The van der Waals surface area contributed by atoms with Gasteiger partial charge in [0.15, 0.2) is 0 Å². The van der Waals surface area contributed by atoms with Gasteiger partial charge in [-0.05, 0) is 18.9 Å². The first-order chi connectivity index (χ1) is 7.18. The number of hydrogen-bond donors (Lipinski definition) is 2. The minimum Gasteiger partial charge on any atom is -0.368 e. The van der Waals surface area contributed by atoms with Crippen molar-refractivity contribution < 1.29 is 4.79 Å². The topological polar surface area (TPSA) is 55.1 Å². The van der Waals surface area contributed by atoms with Crippen LogP contribution in [0.5, 0.6) is 0 Å². The Morgan fingerprint density at radius 1 is 1.47 bits per heavy atom. The summed E-state index contributed by atoms with van der Waals surface area (Å²) >= 11 is 0. The van der Waals surface area contributed by atoms with E-state index < -0.39 is 0 Å². The zero-order valence-electron chi connectivity index (χ0n) is 8.81. The lowest BCUT2D eigenvalue weighted by molar-refractivity contribution is -0.119. The first kappa shape index (κ1) is 10.2. The van der Waals surface area contributed by atoms with Crippen LogP contribution in [-0.4, -0.2) is 18.0 Å². The number of primary amides is 1. The number of nitrogens with one attached hydrogen (secondary N) is 1. The maximum Gasteiger partial charge on any atom is 0.234 e. The van der Waals surface area contributed by atoms with Gasteiger partial charge in [-0.1, -0.05) is 30.3 Å². The Kier molecular flexibility index (Phi) is 2.73. The van der Waals surface area contributed by atoms with Crippen molar-refractivity contribution in [2.24, 2.45) is 5.73 Å². The van der Waals surface area contributed by atoms with Crippen molar-refractivity contribution in [1.29, 1.82) is 0 Å². The molecular weight excluding hydrogens is 188 g/mol. The molecule has 80 valence electrons. The largest absolute Gasteiger partial charge is 0.368 e. The molecule has 1 unspecified atom stereocenters. The summed E-state index contributed by atoms with van der Waals surface area (Å²) in [5.74, 6) is 0.265. The normalized spacial score (nSPS) is 25.9. The number of nitrogens with two attached hydrogens (primary N) is 1. The van der Waals surface area contributed by atoms with E-state index in [1.54, 1.807) is 0 Å². The Morgan fingerprint density at radius 2 is 2.13 bits per heavy atom. The van der Waals surface area contributed by atoms with Gasteiger partial charge in [-0.3, -0.25) is 4.79 Å². The molecule has 0 heterocycles. The second kappa shape index (κ2) is 4.03.